The molecule has 0 amide bonds. The first-order valence-electron chi connectivity index (χ1n) is 4.38. The lowest BCUT2D eigenvalue weighted by Gasteiger charge is -2.15. The Kier molecular flexibility index (Phi) is 15.0. The summed E-state index contributed by atoms with van der Waals surface area (Å²) in [6, 6.07) is 0. The molecule has 13 heavy (non-hydrogen) atoms. The van der Waals surface area contributed by atoms with Gasteiger partial charge in [-0.25, -0.2) is 0 Å². The Morgan fingerprint density at radius 3 is 1.23 bits per heavy atom. The van der Waals surface area contributed by atoms with E-state index in [0.29, 0.717) is 0 Å². The van der Waals surface area contributed by atoms with E-state index >= 15 is 0 Å². The second-order valence-corrected chi connectivity index (χ2v) is 2.49. The van der Waals surface area contributed by atoms with Gasteiger partial charge in [0.1, 0.15) is 0 Å². The van der Waals surface area contributed by atoms with Gasteiger partial charge in [0.25, 0.3) is 0 Å². The SMILES string of the molecule is C=CC.C=CCN(CC=C)CC=C. The van der Waals surface area contributed by atoms with Crippen LogP contribution < -0.4 is 0 Å². The van der Waals surface area contributed by atoms with E-state index in [1.165, 1.54) is 0 Å². The van der Waals surface area contributed by atoms with Gasteiger partial charge >= 0.3 is 0 Å². The average Bonchev–Trinajstić information content (AvgIpc) is 2.07. The van der Waals surface area contributed by atoms with Crippen molar-refractivity contribution in [1.82, 2.24) is 4.90 Å². The summed E-state index contributed by atoms with van der Waals surface area (Å²) < 4.78 is 0. The first kappa shape index (κ1) is 14.4. The minimum Gasteiger partial charge on any atom is -0.292 e. The first-order chi connectivity index (χ1) is 6.26. The maximum atomic E-state index is 3.65. The van der Waals surface area contributed by atoms with Crippen LogP contribution in [0.3, 0.4) is 0 Å². The van der Waals surface area contributed by atoms with Crippen molar-refractivity contribution in [3.05, 3.63) is 50.6 Å². The normalized spacial score (nSPS) is 8.15. The summed E-state index contributed by atoms with van der Waals surface area (Å²) in [7, 11) is 0. The van der Waals surface area contributed by atoms with Gasteiger partial charge in [0.05, 0.1) is 0 Å². The monoisotopic (exact) mass is 179 g/mol. The lowest BCUT2D eigenvalue weighted by molar-refractivity contribution is 0.373. The number of allylic oxidation sites excluding steroid dienone is 1. The topological polar surface area (TPSA) is 3.24 Å². The summed E-state index contributed by atoms with van der Waals surface area (Å²) in [5.41, 5.74) is 0. The Balaban J connectivity index is 0. The second-order valence-electron chi connectivity index (χ2n) is 2.49. The molecule has 0 aliphatic heterocycles. The molecule has 0 spiro atoms. The lowest BCUT2D eigenvalue weighted by atomic mass is 10.4. The van der Waals surface area contributed by atoms with E-state index in [4.69, 9.17) is 0 Å². The molecule has 0 atom stereocenters. The molecule has 0 unspecified atom stereocenters. The highest BCUT2D eigenvalue weighted by molar-refractivity contribution is 4.83. The van der Waals surface area contributed by atoms with Crippen molar-refractivity contribution in [2.45, 2.75) is 6.92 Å². The van der Waals surface area contributed by atoms with E-state index in [9.17, 15) is 0 Å². The minimum atomic E-state index is 0.901. The zero-order valence-corrected chi connectivity index (χ0v) is 8.71. The highest BCUT2D eigenvalue weighted by Crippen LogP contribution is 1.88. The predicted octanol–water partition coefficient (Wildman–Crippen LogP) is 3.04. The Hall–Kier alpha value is -1.08. The van der Waals surface area contributed by atoms with Crippen molar-refractivity contribution in [1.29, 1.82) is 0 Å². The highest BCUT2D eigenvalue weighted by atomic mass is 15.1. The van der Waals surface area contributed by atoms with Crippen LogP contribution in [0, 0.1) is 0 Å². The molecule has 0 heterocycles. The number of rotatable bonds is 6. The molecule has 0 saturated heterocycles. The maximum Gasteiger partial charge on any atom is 0.0167 e. The van der Waals surface area contributed by atoms with Crippen LogP contribution in [0.25, 0.3) is 0 Å². The summed E-state index contributed by atoms with van der Waals surface area (Å²) in [6.07, 6.45) is 7.40. The van der Waals surface area contributed by atoms with Gasteiger partial charge in [-0.2, -0.15) is 0 Å². The van der Waals surface area contributed by atoms with Crippen LogP contribution in [-0.2, 0) is 0 Å². The summed E-state index contributed by atoms with van der Waals surface area (Å²) in [6.45, 7) is 18.9. The van der Waals surface area contributed by atoms with E-state index < -0.39 is 0 Å². The van der Waals surface area contributed by atoms with Crippen LogP contribution in [0.1, 0.15) is 6.92 Å². The molecule has 0 aromatic carbocycles. The van der Waals surface area contributed by atoms with E-state index in [2.05, 4.69) is 31.2 Å². The Morgan fingerprint density at radius 2 is 1.08 bits per heavy atom. The van der Waals surface area contributed by atoms with Gasteiger partial charge in [0, 0.05) is 19.6 Å². The van der Waals surface area contributed by atoms with Crippen LogP contribution in [0.5, 0.6) is 0 Å². The van der Waals surface area contributed by atoms with Crippen molar-refractivity contribution in [2.24, 2.45) is 0 Å². The van der Waals surface area contributed by atoms with Crippen LogP contribution in [0.2, 0.25) is 0 Å². The molecule has 0 saturated carbocycles. The van der Waals surface area contributed by atoms with E-state index in [-0.39, 0.29) is 0 Å². The minimum absolute atomic E-state index is 0.901. The zero-order chi connectivity index (χ0) is 10.5. The molecule has 0 N–H and O–H groups in total. The molecule has 0 aliphatic rings. The summed E-state index contributed by atoms with van der Waals surface area (Å²) >= 11 is 0. The van der Waals surface area contributed by atoms with E-state index in [1.807, 2.05) is 25.2 Å². The Morgan fingerprint density at radius 1 is 0.846 bits per heavy atom. The predicted molar refractivity (Wildman–Crippen MR) is 62.9 cm³/mol. The summed E-state index contributed by atoms with van der Waals surface area (Å²) in [5, 5.41) is 0. The van der Waals surface area contributed by atoms with Gasteiger partial charge in [0.15, 0.2) is 0 Å². The van der Waals surface area contributed by atoms with Crippen LogP contribution in [0.4, 0.5) is 0 Å². The molecule has 1 nitrogen and oxygen atoms in total. The zero-order valence-electron chi connectivity index (χ0n) is 8.71. The van der Waals surface area contributed by atoms with Crippen LogP contribution >= 0.6 is 0 Å². The lowest BCUT2D eigenvalue weighted by Crippen LogP contribution is -2.23. The molecule has 0 fully saturated rings. The molecule has 0 aromatic rings. The standard InChI is InChI=1S/C9H15N.C3H6/c1-4-7-10(8-5-2)9-6-3;1-3-2/h4-6H,1-3,7-9H2;3H,1H2,2H3. The molecule has 0 rings (SSSR count). The quantitative estimate of drug-likeness (QED) is 0.566. The van der Waals surface area contributed by atoms with Crippen molar-refractivity contribution >= 4 is 0 Å². The summed E-state index contributed by atoms with van der Waals surface area (Å²) in [4.78, 5) is 2.19. The third-order valence-electron chi connectivity index (χ3n) is 1.16. The summed E-state index contributed by atoms with van der Waals surface area (Å²) in [5.74, 6) is 0. The number of hydrogen-bond donors (Lipinski definition) is 0. The Bertz CT molecular complexity index is 123. The molecule has 0 radical (unpaired) electrons. The van der Waals surface area contributed by atoms with Crippen molar-refractivity contribution in [2.75, 3.05) is 19.6 Å². The van der Waals surface area contributed by atoms with E-state index in [1.54, 1.807) is 6.08 Å². The molecule has 0 bridgehead atoms. The molecule has 74 valence electrons. The van der Waals surface area contributed by atoms with Crippen LogP contribution in [-0.4, -0.2) is 24.5 Å². The fraction of sp³-hybridized carbons (Fsp3) is 0.333. The van der Waals surface area contributed by atoms with Crippen LogP contribution in [0.15, 0.2) is 50.6 Å². The van der Waals surface area contributed by atoms with E-state index in [0.717, 1.165) is 19.6 Å². The first-order valence-corrected chi connectivity index (χ1v) is 4.38. The number of hydrogen-bond acceptors (Lipinski definition) is 1. The third kappa shape index (κ3) is 13.9. The van der Waals surface area contributed by atoms with Crippen molar-refractivity contribution in [3.63, 3.8) is 0 Å². The molecule has 0 aromatic heterocycles. The molecular formula is C12H21N. The fourth-order valence-corrected chi connectivity index (χ4v) is 0.771. The molecule has 1 heteroatoms. The highest BCUT2D eigenvalue weighted by Gasteiger charge is 1.94. The van der Waals surface area contributed by atoms with Gasteiger partial charge in [-0.1, -0.05) is 24.3 Å². The van der Waals surface area contributed by atoms with Gasteiger partial charge in [-0.15, -0.1) is 26.3 Å². The van der Waals surface area contributed by atoms with Gasteiger partial charge in [-0.05, 0) is 6.92 Å². The fourth-order valence-electron chi connectivity index (χ4n) is 0.771. The largest absolute Gasteiger partial charge is 0.292 e. The molecular weight excluding hydrogens is 158 g/mol. The van der Waals surface area contributed by atoms with Crippen molar-refractivity contribution < 1.29 is 0 Å². The van der Waals surface area contributed by atoms with Gasteiger partial charge < -0.3 is 0 Å². The van der Waals surface area contributed by atoms with Crippen molar-refractivity contribution in [3.8, 4) is 0 Å². The average molecular weight is 179 g/mol. The smallest absolute Gasteiger partial charge is 0.0167 e. The van der Waals surface area contributed by atoms with Gasteiger partial charge in [-0.3, -0.25) is 4.90 Å². The third-order valence-corrected chi connectivity index (χ3v) is 1.16. The number of nitrogens with zero attached hydrogens (tertiary/aromatic N) is 1. The second kappa shape index (κ2) is 13.5. The molecule has 0 aliphatic carbocycles. The Labute approximate surface area is 82.8 Å². The maximum absolute atomic E-state index is 3.65. The van der Waals surface area contributed by atoms with Gasteiger partial charge in [0.2, 0.25) is 0 Å².